The van der Waals surface area contributed by atoms with E-state index < -0.39 is 0 Å². The minimum atomic E-state index is -0.298. The SMILES string of the molecule is CCN(C(=O)CSc1ccccc1F)c1nc2ccccc2s1. The van der Waals surface area contributed by atoms with Gasteiger partial charge in [0.25, 0.3) is 0 Å². The molecule has 0 unspecified atom stereocenters. The Morgan fingerprint density at radius 2 is 1.96 bits per heavy atom. The number of fused-ring (bicyclic) bond motifs is 1. The average Bonchev–Trinajstić information content (AvgIpc) is 2.98. The minimum absolute atomic E-state index is 0.0696. The molecular formula is C17H15FN2OS2. The molecule has 0 saturated carbocycles. The summed E-state index contributed by atoms with van der Waals surface area (Å²) < 4.78 is 14.7. The fourth-order valence-electron chi connectivity index (χ4n) is 2.17. The van der Waals surface area contributed by atoms with E-state index in [1.165, 1.54) is 29.2 Å². The number of nitrogens with zero attached hydrogens (tertiary/aromatic N) is 2. The van der Waals surface area contributed by atoms with Gasteiger partial charge in [-0.1, -0.05) is 35.6 Å². The van der Waals surface area contributed by atoms with Crippen LogP contribution in [0.15, 0.2) is 53.4 Å². The minimum Gasteiger partial charge on any atom is -0.288 e. The van der Waals surface area contributed by atoms with Crippen LogP contribution < -0.4 is 4.90 Å². The van der Waals surface area contributed by atoms with Gasteiger partial charge in [-0.15, -0.1) is 11.8 Å². The third-order valence-corrected chi connectivity index (χ3v) is 5.41. The van der Waals surface area contributed by atoms with Crippen molar-refractivity contribution in [1.82, 2.24) is 4.98 Å². The molecule has 23 heavy (non-hydrogen) atoms. The van der Waals surface area contributed by atoms with Crippen LogP contribution in [-0.4, -0.2) is 23.2 Å². The molecule has 0 aliphatic heterocycles. The zero-order chi connectivity index (χ0) is 16.2. The highest BCUT2D eigenvalue weighted by molar-refractivity contribution is 8.00. The smallest absolute Gasteiger partial charge is 0.239 e. The largest absolute Gasteiger partial charge is 0.288 e. The Balaban J connectivity index is 1.75. The van der Waals surface area contributed by atoms with Crippen LogP contribution in [0.1, 0.15) is 6.92 Å². The molecule has 1 heterocycles. The number of hydrogen-bond donors (Lipinski definition) is 0. The Morgan fingerprint density at radius 3 is 2.70 bits per heavy atom. The monoisotopic (exact) mass is 346 g/mol. The molecule has 118 valence electrons. The second-order valence-corrected chi connectivity index (χ2v) is 6.85. The maximum atomic E-state index is 13.6. The molecule has 3 aromatic rings. The van der Waals surface area contributed by atoms with Gasteiger partial charge < -0.3 is 0 Å². The summed E-state index contributed by atoms with van der Waals surface area (Å²) in [5, 5.41) is 0.688. The number of hydrogen-bond acceptors (Lipinski definition) is 4. The Kier molecular flexibility index (Phi) is 4.93. The normalized spacial score (nSPS) is 10.9. The zero-order valence-electron chi connectivity index (χ0n) is 12.5. The van der Waals surface area contributed by atoms with Gasteiger partial charge in [0.2, 0.25) is 5.91 Å². The van der Waals surface area contributed by atoms with Gasteiger partial charge >= 0.3 is 0 Å². The van der Waals surface area contributed by atoms with E-state index in [0.717, 1.165) is 10.2 Å². The number of carbonyl (C=O) groups is 1. The first-order valence-electron chi connectivity index (χ1n) is 7.22. The second-order valence-electron chi connectivity index (χ2n) is 4.82. The number of thioether (sulfide) groups is 1. The molecule has 2 aromatic carbocycles. The van der Waals surface area contributed by atoms with Crippen LogP contribution in [0.3, 0.4) is 0 Å². The van der Waals surface area contributed by atoms with Gasteiger partial charge in [-0.25, -0.2) is 9.37 Å². The van der Waals surface area contributed by atoms with Crippen molar-refractivity contribution in [3.63, 3.8) is 0 Å². The molecule has 0 fully saturated rings. The lowest BCUT2D eigenvalue weighted by atomic mass is 10.3. The van der Waals surface area contributed by atoms with Crippen molar-refractivity contribution in [1.29, 1.82) is 0 Å². The predicted molar refractivity (Wildman–Crippen MR) is 94.8 cm³/mol. The molecule has 1 aromatic heterocycles. The molecule has 0 N–H and O–H groups in total. The van der Waals surface area contributed by atoms with E-state index in [2.05, 4.69) is 4.98 Å². The standard InChI is InChI=1S/C17H15FN2OS2/c1-2-20(17-19-13-8-4-6-10-15(13)23-17)16(21)11-22-14-9-5-3-7-12(14)18/h3-10H,2,11H2,1H3. The van der Waals surface area contributed by atoms with Crippen molar-refractivity contribution in [3.8, 4) is 0 Å². The third-order valence-electron chi connectivity index (χ3n) is 3.32. The fourth-order valence-corrected chi connectivity index (χ4v) is 4.04. The van der Waals surface area contributed by atoms with E-state index >= 15 is 0 Å². The summed E-state index contributed by atoms with van der Waals surface area (Å²) in [6, 6.07) is 14.3. The molecule has 3 rings (SSSR count). The summed E-state index contributed by atoms with van der Waals surface area (Å²) in [7, 11) is 0. The van der Waals surface area contributed by atoms with Crippen LogP contribution in [0.4, 0.5) is 9.52 Å². The van der Waals surface area contributed by atoms with Gasteiger partial charge in [0.1, 0.15) is 5.82 Å². The Bertz CT molecular complexity index is 801. The zero-order valence-corrected chi connectivity index (χ0v) is 14.2. The Hall–Kier alpha value is -1.92. The average molecular weight is 346 g/mol. The number of halogens is 1. The van der Waals surface area contributed by atoms with E-state index in [0.29, 0.717) is 16.6 Å². The Labute approximate surface area is 142 Å². The maximum Gasteiger partial charge on any atom is 0.239 e. The molecule has 0 aliphatic rings. The summed E-state index contributed by atoms with van der Waals surface area (Å²) in [6.07, 6.45) is 0. The fraction of sp³-hybridized carbons (Fsp3) is 0.176. The molecule has 0 spiro atoms. The highest BCUT2D eigenvalue weighted by Gasteiger charge is 2.18. The van der Waals surface area contributed by atoms with Crippen molar-refractivity contribution in [2.75, 3.05) is 17.2 Å². The molecule has 1 amide bonds. The van der Waals surface area contributed by atoms with Crippen LogP contribution in [0.2, 0.25) is 0 Å². The van der Waals surface area contributed by atoms with Gasteiger partial charge in [0, 0.05) is 11.4 Å². The van der Waals surface area contributed by atoms with Crippen molar-refractivity contribution >= 4 is 44.4 Å². The summed E-state index contributed by atoms with van der Waals surface area (Å²) >= 11 is 2.70. The number of carbonyl (C=O) groups excluding carboxylic acids is 1. The van der Waals surface area contributed by atoms with Crippen LogP contribution in [-0.2, 0) is 4.79 Å². The summed E-state index contributed by atoms with van der Waals surface area (Å²) in [5.41, 5.74) is 0.889. The molecule has 0 radical (unpaired) electrons. The van der Waals surface area contributed by atoms with Crippen LogP contribution in [0, 0.1) is 5.82 Å². The molecule has 6 heteroatoms. The molecule has 0 saturated heterocycles. The van der Waals surface area contributed by atoms with E-state index in [1.807, 2.05) is 31.2 Å². The van der Waals surface area contributed by atoms with E-state index in [1.54, 1.807) is 23.1 Å². The third kappa shape index (κ3) is 3.54. The lowest BCUT2D eigenvalue weighted by Gasteiger charge is -2.17. The molecule has 0 bridgehead atoms. The number of aromatic nitrogens is 1. The van der Waals surface area contributed by atoms with Gasteiger partial charge in [-0.3, -0.25) is 9.69 Å². The van der Waals surface area contributed by atoms with Crippen molar-refractivity contribution in [2.45, 2.75) is 11.8 Å². The van der Waals surface area contributed by atoms with Gasteiger partial charge in [0.15, 0.2) is 5.13 Å². The first-order chi connectivity index (χ1) is 11.2. The topological polar surface area (TPSA) is 33.2 Å². The summed E-state index contributed by atoms with van der Waals surface area (Å²) in [6.45, 7) is 2.45. The van der Waals surface area contributed by atoms with Crippen LogP contribution in [0.25, 0.3) is 10.2 Å². The number of amides is 1. The highest BCUT2D eigenvalue weighted by Crippen LogP contribution is 2.29. The van der Waals surface area contributed by atoms with E-state index in [4.69, 9.17) is 0 Å². The van der Waals surface area contributed by atoms with E-state index in [9.17, 15) is 9.18 Å². The van der Waals surface area contributed by atoms with E-state index in [-0.39, 0.29) is 17.5 Å². The number of thiazole rings is 1. The maximum absolute atomic E-state index is 13.6. The van der Waals surface area contributed by atoms with Gasteiger partial charge in [-0.05, 0) is 31.2 Å². The van der Waals surface area contributed by atoms with Crippen LogP contribution >= 0.6 is 23.1 Å². The number of para-hydroxylation sites is 1. The second kappa shape index (κ2) is 7.10. The van der Waals surface area contributed by atoms with Crippen LogP contribution in [0.5, 0.6) is 0 Å². The molecule has 0 aliphatic carbocycles. The summed E-state index contributed by atoms with van der Waals surface area (Å²) in [5.74, 6) is -0.182. The van der Waals surface area contributed by atoms with Crippen molar-refractivity contribution in [3.05, 3.63) is 54.3 Å². The quantitative estimate of drug-likeness (QED) is 0.634. The first kappa shape index (κ1) is 16.0. The summed E-state index contributed by atoms with van der Waals surface area (Å²) in [4.78, 5) is 19.1. The van der Waals surface area contributed by atoms with Crippen molar-refractivity contribution < 1.29 is 9.18 Å². The number of benzene rings is 2. The molecule has 3 nitrogen and oxygen atoms in total. The molecule has 0 atom stereocenters. The van der Waals surface area contributed by atoms with Crippen molar-refractivity contribution in [2.24, 2.45) is 0 Å². The first-order valence-corrected chi connectivity index (χ1v) is 9.02. The number of anilines is 1. The highest BCUT2D eigenvalue weighted by atomic mass is 32.2. The lowest BCUT2D eigenvalue weighted by Crippen LogP contribution is -2.32. The lowest BCUT2D eigenvalue weighted by molar-refractivity contribution is -0.116. The Morgan fingerprint density at radius 1 is 1.22 bits per heavy atom. The number of rotatable bonds is 5. The van der Waals surface area contributed by atoms with Gasteiger partial charge in [-0.2, -0.15) is 0 Å². The predicted octanol–water partition coefficient (Wildman–Crippen LogP) is 4.58. The molecular weight excluding hydrogens is 331 g/mol. The van der Waals surface area contributed by atoms with Gasteiger partial charge in [0.05, 0.1) is 16.0 Å².